The molecule has 6 aromatic heterocycles. The summed E-state index contributed by atoms with van der Waals surface area (Å²) < 4.78 is 70.6. The predicted molar refractivity (Wildman–Crippen MR) is 443 cm³/mol. The molecule has 17 rings (SSSR count). The van der Waals surface area contributed by atoms with Crippen LogP contribution in [0.25, 0.3) is 77.1 Å². The molecule has 9 heterocycles. The van der Waals surface area contributed by atoms with Gasteiger partial charge in [-0.2, -0.15) is 0 Å². The monoisotopic (exact) mass is 1550 g/mol. The van der Waals surface area contributed by atoms with Gasteiger partial charge in [0.25, 0.3) is 0 Å². The number of aromatic nitrogens is 4. The largest absolute Gasteiger partial charge is 0.499 e. The Morgan fingerprint density at radius 2 is 0.789 bits per heavy atom. The molecule has 3 aliphatic heterocycles. The lowest BCUT2D eigenvalue weighted by molar-refractivity contribution is 0.00578. The quantitative estimate of drug-likeness (QED) is 0.0913. The zero-order valence-electron chi connectivity index (χ0n) is 65.1. The molecule has 0 spiro atoms. The molecule has 2 N–H and O–H groups in total. The number of methoxy groups -OCH3 is 2. The minimum Gasteiger partial charge on any atom is -0.494 e. The van der Waals surface area contributed by atoms with Crippen molar-refractivity contribution in [3.8, 4) is 22.9 Å². The summed E-state index contributed by atoms with van der Waals surface area (Å²) in [6, 6.07) is 65.9. The molecule has 0 radical (unpaired) electrons. The molecule has 0 unspecified atom stereocenters. The average molecular weight is 1550 g/mol. The van der Waals surface area contributed by atoms with Gasteiger partial charge in [-0.05, 0) is 210 Å². The van der Waals surface area contributed by atoms with Crippen molar-refractivity contribution < 1.29 is 55.1 Å². The lowest BCUT2D eigenvalue weighted by Crippen LogP contribution is -2.41. The number of rotatable bonds is 11. The Hall–Kier alpha value is -9.48. The van der Waals surface area contributed by atoms with E-state index >= 15 is 0 Å². The lowest BCUT2D eigenvalue weighted by Gasteiger charge is -2.32. The summed E-state index contributed by atoms with van der Waals surface area (Å²) in [5.41, 5.74) is 7.25. The van der Waals surface area contributed by atoms with Gasteiger partial charge in [-0.1, -0.05) is 140 Å². The van der Waals surface area contributed by atoms with E-state index in [1.54, 1.807) is 14.2 Å². The number of hydrogen-bond acceptors (Lipinski definition) is 18. The van der Waals surface area contributed by atoms with E-state index in [-0.39, 0.29) is 46.0 Å². The summed E-state index contributed by atoms with van der Waals surface area (Å²) in [7, 11) is 1.95. The summed E-state index contributed by atoms with van der Waals surface area (Å²) in [4.78, 5) is 18.3. The minimum atomic E-state index is -0.476. The second kappa shape index (κ2) is 32.6. The van der Waals surface area contributed by atoms with Crippen molar-refractivity contribution in [1.82, 2.24) is 19.9 Å². The fourth-order valence-corrected chi connectivity index (χ4v) is 13.2. The van der Waals surface area contributed by atoms with E-state index in [0.717, 1.165) is 99.1 Å². The fraction of sp³-hybridized carbons (Fsp3) is 0.302. The van der Waals surface area contributed by atoms with Crippen LogP contribution in [0.15, 0.2) is 222 Å². The third-order valence-corrected chi connectivity index (χ3v) is 21.9. The first-order valence-electron chi connectivity index (χ1n) is 36.4. The molecule has 3 fully saturated rings. The Labute approximate surface area is 651 Å². The van der Waals surface area contributed by atoms with Crippen LogP contribution in [0.3, 0.4) is 0 Å². The number of benzene rings is 8. The highest BCUT2D eigenvalue weighted by Crippen LogP contribution is 2.44. The molecule has 562 valence electrons. The average Bonchev–Trinajstić information content (AvgIpc) is 1.62. The third kappa shape index (κ3) is 17.4. The van der Waals surface area contributed by atoms with E-state index < -0.39 is 14.0 Å². The number of para-hydroxylation sites is 6. The van der Waals surface area contributed by atoms with Crippen molar-refractivity contribution in [2.45, 2.75) is 157 Å². The number of anilines is 2. The van der Waals surface area contributed by atoms with Gasteiger partial charge in [-0.15, -0.1) is 0 Å². The molecule has 0 amide bonds. The summed E-state index contributed by atoms with van der Waals surface area (Å²) in [6.45, 7) is 33.6. The second-order valence-electron chi connectivity index (χ2n) is 29.9. The van der Waals surface area contributed by atoms with Crippen LogP contribution in [0.5, 0.6) is 11.5 Å². The van der Waals surface area contributed by atoms with Crippen molar-refractivity contribution in [3.63, 3.8) is 0 Å². The maximum atomic E-state index is 6.12. The maximum Gasteiger partial charge on any atom is 0.499 e. The molecule has 3 saturated heterocycles. The van der Waals surface area contributed by atoms with Gasteiger partial charge in [-0.3, -0.25) is 0 Å². The zero-order valence-corrected chi connectivity index (χ0v) is 67.5. The molecule has 0 atom stereocenters. The van der Waals surface area contributed by atoms with Crippen LogP contribution in [0.1, 0.15) is 117 Å². The smallest absolute Gasteiger partial charge is 0.494 e. The molecule has 14 aromatic rings. The first kappa shape index (κ1) is 79.1. The van der Waals surface area contributed by atoms with Gasteiger partial charge in [0.15, 0.2) is 5.82 Å². The van der Waals surface area contributed by atoms with Gasteiger partial charge < -0.3 is 65.7 Å². The summed E-state index contributed by atoms with van der Waals surface area (Å²) >= 11 is 9.47. The molecule has 23 heteroatoms. The van der Waals surface area contributed by atoms with Crippen LogP contribution < -0.4 is 25.6 Å². The van der Waals surface area contributed by atoms with E-state index in [1.165, 1.54) is 16.5 Å². The molecule has 0 aliphatic carbocycles. The van der Waals surface area contributed by atoms with Crippen molar-refractivity contribution in [2.75, 3.05) is 24.9 Å². The lowest BCUT2D eigenvalue weighted by atomic mass is 9.49. The first-order chi connectivity index (χ1) is 51.9. The van der Waals surface area contributed by atoms with Gasteiger partial charge in [0.1, 0.15) is 79.5 Å². The van der Waals surface area contributed by atoms with Gasteiger partial charge in [0.2, 0.25) is 5.28 Å². The molecular weight excluding hydrogens is 1460 g/mol. The molecule has 0 saturated carbocycles. The van der Waals surface area contributed by atoms with E-state index in [1.807, 2.05) is 259 Å². The van der Waals surface area contributed by atoms with Crippen molar-refractivity contribution >= 4 is 131 Å². The first-order valence-corrected chi connectivity index (χ1v) is 37.6. The van der Waals surface area contributed by atoms with Gasteiger partial charge in [0.05, 0.1) is 57.9 Å². The van der Waals surface area contributed by atoms with Crippen molar-refractivity contribution in [2.24, 2.45) is 0 Å². The van der Waals surface area contributed by atoms with E-state index in [0.29, 0.717) is 41.7 Å². The number of aryl methyl sites for hydroxylation is 4. The van der Waals surface area contributed by atoms with Crippen molar-refractivity contribution in [3.05, 3.63) is 244 Å². The SMILES string of the molecule is CC1(C)OB(B2OC(C)(C)C(C)(C)O2)OC1(C)C.COc1cccc2c(NCc3ccccc3)nc(-c3c(C)oc4ccccc34)nc12.COc1cccc2c(NCc3ccccc3)nc(Cl)nc12.Cc1cc2ccccc2o1.Cc1oc2ccccc2c1B1OC(C)(C)C(C)(C)O1.Cc1oc2ccccc2c1Br. The van der Waals surface area contributed by atoms with Crippen LogP contribution in [-0.2, 0) is 41.0 Å². The highest BCUT2D eigenvalue weighted by atomic mass is 79.9. The topological polar surface area (TPSA) is 202 Å². The molecular formula is C86H93B3BrClN6O12. The minimum absolute atomic E-state index is 0.197. The zero-order chi connectivity index (χ0) is 77.8. The molecule has 18 nitrogen and oxygen atoms in total. The van der Waals surface area contributed by atoms with Gasteiger partial charge in [0, 0.05) is 50.9 Å². The standard InChI is InChI=1S/C25H21N3O2.C16H14ClN3O.C15H19BO3.C12H24B2O4.C9H7BrO.C9H8O/c1-16-22(18-11-6-7-13-20(18)30-16)25-27-23-19(12-8-14-21(23)29-2)24(28-25)26-15-17-9-4-3-5-10-17;1-21-13-9-5-8-12-14(13)19-16(17)20-15(12)18-10-11-6-3-2-4-7-11;1-10-13(11-8-6-7-9-12(11)17-10)16-18-14(2,3)15(4,5)19-16;1-9(2)10(3,4)16-13(15-9)14-17-11(5,6)12(7,8)18-14;1-6-9(10)7-4-2-3-5-8(7)11-6;1-7-6-8-4-2-3-5-9(8)10-7/h3-14H,15H2,1-2H3,(H,26,27,28);2-9H,10H2,1H3,(H,18,19,20);6-9H,1-5H3;1-8H3;2-5H,1H3;2-6H,1H3. The highest BCUT2D eigenvalue weighted by molar-refractivity contribution is 9.10. The van der Waals surface area contributed by atoms with Crippen LogP contribution in [0, 0.1) is 27.7 Å². The maximum absolute atomic E-state index is 6.12. The number of nitrogens with one attached hydrogen (secondary N) is 2. The van der Waals surface area contributed by atoms with Crippen molar-refractivity contribution in [1.29, 1.82) is 0 Å². The second-order valence-corrected chi connectivity index (χ2v) is 31.1. The fourth-order valence-electron chi connectivity index (χ4n) is 12.6. The van der Waals surface area contributed by atoms with Crippen LogP contribution in [0.2, 0.25) is 5.28 Å². The number of nitrogens with zero attached hydrogens (tertiary/aromatic N) is 4. The van der Waals surface area contributed by atoms with Crippen LogP contribution in [0.4, 0.5) is 11.6 Å². The molecule has 109 heavy (non-hydrogen) atoms. The highest BCUT2D eigenvalue weighted by Gasteiger charge is 2.64. The van der Waals surface area contributed by atoms with Crippen LogP contribution >= 0.6 is 27.5 Å². The summed E-state index contributed by atoms with van der Waals surface area (Å²) in [6.07, 6.45) is 0. The Bertz CT molecular complexity index is 5380. The predicted octanol–water partition coefficient (Wildman–Crippen LogP) is 21.4. The number of hydrogen-bond donors (Lipinski definition) is 2. The van der Waals surface area contributed by atoms with Gasteiger partial charge in [-0.25, -0.2) is 19.9 Å². The summed E-state index contributed by atoms with van der Waals surface area (Å²) in [5.74, 6) is 7.04. The Kier molecular flexibility index (Phi) is 23.7. The Balaban J connectivity index is 0.000000126. The number of fused-ring (bicyclic) bond motifs is 6. The number of ether oxygens (including phenoxy) is 2. The Morgan fingerprint density at radius 3 is 1.28 bits per heavy atom. The van der Waals surface area contributed by atoms with Crippen LogP contribution in [-0.4, -0.2) is 88.9 Å². The normalized spacial score (nSPS) is 16.1. The van der Waals surface area contributed by atoms with E-state index in [2.05, 4.69) is 88.5 Å². The molecule has 3 aliphatic rings. The summed E-state index contributed by atoms with van der Waals surface area (Å²) in [5, 5.41) is 13.2. The Morgan fingerprint density at radius 1 is 0.394 bits per heavy atom. The number of halogens is 2. The molecule has 0 bridgehead atoms. The third-order valence-electron chi connectivity index (χ3n) is 20.7. The van der Waals surface area contributed by atoms with Gasteiger partial charge >= 0.3 is 21.1 Å². The van der Waals surface area contributed by atoms with E-state index in [4.69, 9.17) is 76.6 Å². The number of furan rings is 4. The molecule has 8 aromatic carbocycles. The van der Waals surface area contributed by atoms with E-state index in [9.17, 15) is 0 Å².